The summed E-state index contributed by atoms with van der Waals surface area (Å²) in [4.78, 5) is 0. The molecule has 0 aliphatic carbocycles. The highest BCUT2D eigenvalue weighted by molar-refractivity contribution is 6.32. The van der Waals surface area contributed by atoms with E-state index in [-0.39, 0.29) is 33.9 Å². The van der Waals surface area contributed by atoms with Gasteiger partial charge in [-0.05, 0) is 29.8 Å². The van der Waals surface area contributed by atoms with E-state index in [0.29, 0.717) is 39.6 Å². The first-order valence-electron chi connectivity index (χ1n) is 9.91. The van der Waals surface area contributed by atoms with E-state index in [9.17, 15) is 10.4 Å². The number of ether oxygens (including phenoxy) is 5. The molecule has 1 aliphatic heterocycles. The lowest BCUT2D eigenvalue weighted by atomic mass is 9.83. The zero-order chi connectivity index (χ0) is 24.6. The third kappa shape index (κ3) is 3.56. The Morgan fingerprint density at radius 3 is 2.26 bits per heavy atom. The second-order valence-electron chi connectivity index (χ2n) is 7.21. The van der Waals surface area contributed by atoms with Crippen molar-refractivity contribution in [2.24, 2.45) is 5.73 Å². The Morgan fingerprint density at radius 2 is 1.71 bits per heavy atom. The molecule has 3 aromatic rings. The number of rotatable bonds is 6. The van der Waals surface area contributed by atoms with Gasteiger partial charge in [-0.25, -0.2) is 0 Å². The van der Waals surface area contributed by atoms with Crippen molar-refractivity contribution in [3.63, 3.8) is 0 Å². The number of hydrogen-bond acceptors (Lipinski definition) is 9. The molecule has 0 radical (unpaired) electrons. The minimum Gasteiger partial charge on any atom is -0.503 e. The van der Waals surface area contributed by atoms with Gasteiger partial charge in [0.25, 0.3) is 0 Å². The lowest BCUT2D eigenvalue weighted by Gasteiger charge is -2.25. The van der Waals surface area contributed by atoms with E-state index >= 15 is 0 Å². The average Bonchev–Trinajstić information content (AvgIpc) is 3.26. The highest BCUT2D eigenvalue weighted by atomic mass is 35.5. The van der Waals surface area contributed by atoms with Gasteiger partial charge in [-0.3, -0.25) is 5.10 Å². The number of nitrogens with one attached hydrogen (secondary N) is 1. The summed E-state index contributed by atoms with van der Waals surface area (Å²) in [6, 6.07) is 8.72. The van der Waals surface area contributed by atoms with Crippen molar-refractivity contribution in [3.8, 4) is 52.0 Å². The van der Waals surface area contributed by atoms with Gasteiger partial charge in [-0.1, -0.05) is 11.6 Å². The number of methoxy groups -OCH3 is 4. The molecule has 1 aliphatic rings. The van der Waals surface area contributed by atoms with E-state index < -0.39 is 5.92 Å². The highest BCUT2D eigenvalue weighted by Gasteiger charge is 2.37. The predicted octanol–water partition coefficient (Wildman–Crippen LogP) is 3.69. The standard InChI is InChI=1S/C23H21ClN4O6/c1-30-14-6-10(5-13(24)20(14)29)17-12(9-25)22(26)34-23-18(17)19(27-28-23)11-7-15(31-2)21(33-4)16(8-11)32-3/h5-8,17,29H,26H2,1-4H3,(H,27,28). The Morgan fingerprint density at radius 1 is 1.06 bits per heavy atom. The van der Waals surface area contributed by atoms with Gasteiger partial charge in [0.2, 0.25) is 17.5 Å². The molecular formula is C23H21ClN4O6. The summed E-state index contributed by atoms with van der Waals surface area (Å²) in [5.41, 5.74) is 8.44. The van der Waals surface area contributed by atoms with Crippen molar-refractivity contribution in [2.75, 3.05) is 28.4 Å². The van der Waals surface area contributed by atoms with Crippen LogP contribution in [-0.4, -0.2) is 43.7 Å². The number of phenols is 1. The van der Waals surface area contributed by atoms with Crippen LogP contribution in [0.1, 0.15) is 17.0 Å². The summed E-state index contributed by atoms with van der Waals surface area (Å²) >= 11 is 6.25. The fraction of sp³-hybridized carbons (Fsp3) is 0.217. The molecule has 0 saturated carbocycles. The van der Waals surface area contributed by atoms with E-state index in [4.69, 9.17) is 41.0 Å². The van der Waals surface area contributed by atoms with Gasteiger partial charge in [0.15, 0.2) is 23.0 Å². The molecule has 10 nitrogen and oxygen atoms in total. The van der Waals surface area contributed by atoms with Crippen LogP contribution in [0.25, 0.3) is 11.3 Å². The number of halogens is 1. The number of hydrogen-bond donors (Lipinski definition) is 3. The van der Waals surface area contributed by atoms with Gasteiger partial charge in [0, 0.05) is 5.56 Å². The predicted molar refractivity (Wildman–Crippen MR) is 123 cm³/mol. The maximum Gasteiger partial charge on any atom is 0.244 e. The van der Waals surface area contributed by atoms with Gasteiger partial charge in [-0.15, -0.1) is 5.10 Å². The van der Waals surface area contributed by atoms with Gasteiger partial charge in [0.05, 0.1) is 50.6 Å². The smallest absolute Gasteiger partial charge is 0.244 e. The molecule has 176 valence electrons. The normalized spacial score (nSPS) is 14.6. The van der Waals surface area contributed by atoms with Crippen molar-refractivity contribution in [1.82, 2.24) is 10.2 Å². The van der Waals surface area contributed by atoms with E-state index in [0.717, 1.165) is 0 Å². The Bertz CT molecular complexity index is 1320. The van der Waals surface area contributed by atoms with Crippen LogP contribution >= 0.6 is 11.6 Å². The number of benzene rings is 2. The third-order valence-corrected chi connectivity index (χ3v) is 5.78. The zero-order valence-electron chi connectivity index (χ0n) is 18.7. The topological polar surface area (TPSA) is 145 Å². The fourth-order valence-electron chi connectivity index (χ4n) is 3.94. The van der Waals surface area contributed by atoms with Crippen molar-refractivity contribution < 1.29 is 28.8 Å². The molecule has 11 heteroatoms. The molecule has 2 heterocycles. The van der Waals surface area contributed by atoms with E-state index in [1.54, 1.807) is 18.2 Å². The number of H-pyrrole nitrogens is 1. The molecule has 1 aromatic heterocycles. The summed E-state index contributed by atoms with van der Waals surface area (Å²) < 4.78 is 27.3. The first-order chi connectivity index (χ1) is 16.4. The molecular weight excluding hydrogens is 464 g/mol. The first kappa shape index (κ1) is 22.9. The number of nitrogens with zero attached hydrogens (tertiary/aromatic N) is 2. The van der Waals surface area contributed by atoms with Gasteiger partial charge < -0.3 is 34.5 Å². The minimum absolute atomic E-state index is 0.0519. The second kappa shape index (κ2) is 8.96. The van der Waals surface area contributed by atoms with Crippen molar-refractivity contribution in [2.45, 2.75) is 5.92 Å². The number of allylic oxidation sites excluding steroid dienone is 1. The number of aromatic amines is 1. The lowest BCUT2D eigenvalue weighted by molar-refractivity contribution is 0.324. The van der Waals surface area contributed by atoms with Gasteiger partial charge in [-0.2, -0.15) is 5.26 Å². The molecule has 4 rings (SSSR count). The van der Waals surface area contributed by atoms with Crippen molar-refractivity contribution >= 4 is 11.6 Å². The Kier molecular flexibility index (Phi) is 6.04. The molecule has 34 heavy (non-hydrogen) atoms. The summed E-state index contributed by atoms with van der Waals surface area (Å²) in [5, 5.41) is 27.4. The van der Waals surface area contributed by atoms with E-state index in [1.165, 1.54) is 34.5 Å². The molecule has 1 atom stereocenters. The van der Waals surface area contributed by atoms with Crippen LogP contribution in [0.15, 0.2) is 35.7 Å². The number of nitriles is 1. The number of nitrogens with two attached hydrogens (primary N) is 1. The second-order valence-corrected chi connectivity index (χ2v) is 7.62. The molecule has 0 amide bonds. The molecule has 0 bridgehead atoms. The van der Waals surface area contributed by atoms with Crippen LogP contribution in [0.2, 0.25) is 5.02 Å². The maximum atomic E-state index is 10.2. The van der Waals surface area contributed by atoms with E-state index in [1.807, 2.05) is 0 Å². The Labute approximate surface area is 200 Å². The lowest BCUT2D eigenvalue weighted by Crippen LogP contribution is -2.21. The summed E-state index contributed by atoms with van der Waals surface area (Å²) in [6.45, 7) is 0. The Hall–Kier alpha value is -4.23. The number of aromatic hydroxyl groups is 1. The summed E-state index contributed by atoms with van der Waals surface area (Å²) in [6.07, 6.45) is 0. The van der Waals surface area contributed by atoms with Crippen LogP contribution in [0.3, 0.4) is 0 Å². The van der Waals surface area contributed by atoms with Crippen LogP contribution in [-0.2, 0) is 0 Å². The van der Waals surface area contributed by atoms with Crippen LogP contribution in [0.5, 0.6) is 34.6 Å². The fourth-order valence-corrected chi connectivity index (χ4v) is 4.16. The van der Waals surface area contributed by atoms with E-state index in [2.05, 4.69) is 16.3 Å². The minimum atomic E-state index is -0.728. The van der Waals surface area contributed by atoms with Crippen molar-refractivity contribution in [1.29, 1.82) is 5.26 Å². The van der Waals surface area contributed by atoms with Gasteiger partial charge in [0.1, 0.15) is 11.6 Å². The molecule has 0 spiro atoms. The number of aromatic nitrogens is 2. The first-order valence-corrected chi connectivity index (χ1v) is 10.3. The largest absolute Gasteiger partial charge is 0.503 e. The third-order valence-electron chi connectivity index (χ3n) is 5.50. The SMILES string of the molecule is COc1cc(C2C(C#N)=C(N)Oc3n[nH]c(-c4cc(OC)c(OC)c(OC)c4)c32)cc(Cl)c1O. The zero-order valence-corrected chi connectivity index (χ0v) is 19.5. The quantitative estimate of drug-likeness (QED) is 0.476. The number of fused-ring (bicyclic) bond motifs is 1. The van der Waals surface area contributed by atoms with Crippen LogP contribution in [0, 0.1) is 11.3 Å². The highest BCUT2D eigenvalue weighted by Crippen LogP contribution is 2.50. The summed E-state index contributed by atoms with van der Waals surface area (Å²) in [7, 11) is 5.94. The Balaban J connectivity index is 1.99. The molecule has 1 unspecified atom stereocenters. The van der Waals surface area contributed by atoms with Crippen LogP contribution < -0.4 is 29.4 Å². The number of phenolic OH excluding ortho intramolecular Hbond substituents is 1. The average molecular weight is 485 g/mol. The molecule has 4 N–H and O–H groups in total. The maximum absolute atomic E-state index is 10.2. The van der Waals surface area contributed by atoms with Gasteiger partial charge >= 0.3 is 0 Å². The van der Waals surface area contributed by atoms with Crippen molar-refractivity contribution in [3.05, 3.63) is 51.9 Å². The molecule has 0 saturated heterocycles. The molecule has 2 aromatic carbocycles. The molecule has 0 fully saturated rings. The van der Waals surface area contributed by atoms with Crippen LogP contribution in [0.4, 0.5) is 0 Å². The summed E-state index contributed by atoms with van der Waals surface area (Å²) in [5.74, 6) is 0.577. The monoisotopic (exact) mass is 484 g/mol.